The van der Waals surface area contributed by atoms with Crippen LogP contribution in [0.3, 0.4) is 0 Å². The summed E-state index contributed by atoms with van der Waals surface area (Å²) in [4.78, 5) is 12.5. The number of halogens is 1. The van der Waals surface area contributed by atoms with Gasteiger partial charge >= 0.3 is 0 Å². The van der Waals surface area contributed by atoms with Crippen LogP contribution in [0.15, 0.2) is 72.8 Å². The lowest BCUT2D eigenvalue weighted by Gasteiger charge is -2.13. The van der Waals surface area contributed by atoms with E-state index in [1.807, 2.05) is 37.3 Å². The second-order valence-corrected chi connectivity index (χ2v) is 6.54. The zero-order chi connectivity index (χ0) is 20.5. The highest BCUT2D eigenvalue weighted by molar-refractivity contribution is 5.94. The van der Waals surface area contributed by atoms with Crippen molar-refractivity contribution >= 4 is 5.91 Å². The zero-order valence-electron chi connectivity index (χ0n) is 16.4. The van der Waals surface area contributed by atoms with E-state index in [1.54, 1.807) is 30.3 Å². The van der Waals surface area contributed by atoms with Crippen LogP contribution in [0.5, 0.6) is 5.75 Å². The molecule has 0 fully saturated rings. The number of benzene rings is 3. The van der Waals surface area contributed by atoms with Gasteiger partial charge in [-0.2, -0.15) is 0 Å². The molecule has 1 amide bonds. The van der Waals surface area contributed by atoms with Crippen molar-refractivity contribution in [3.63, 3.8) is 0 Å². The molecule has 0 radical (unpaired) electrons. The quantitative estimate of drug-likeness (QED) is 0.564. The Morgan fingerprint density at radius 1 is 0.931 bits per heavy atom. The summed E-state index contributed by atoms with van der Waals surface area (Å²) in [5.41, 5.74) is 3.25. The van der Waals surface area contributed by atoms with E-state index >= 15 is 0 Å². The van der Waals surface area contributed by atoms with E-state index in [4.69, 9.17) is 9.47 Å². The highest BCUT2D eigenvalue weighted by Gasteiger charge is 2.11. The Morgan fingerprint density at radius 2 is 1.69 bits per heavy atom. The standard InChI is InChI=1S/C24H24FNO3/c1-2-29-23-13-10-20(24(27)26-15-18-8-11-22(25)12-9-18)14-21(23)17-28-16-19-6-4-3-5-7-19/h3-14H,2,15-17H2,1H3,(H,26,27). The number of nitrogens with one attached hydrogen (secondary N) is 1. The Bertz CT molecular complexity index is 927. The highest BCUT2D eigenvalue weighted by Crippen LogP contribution is 2.22. The summed E-state index contributed by atoms with van der Waals surface area (Å²) in [5, 5.41) is 2.85. The molecule has 0 spiro atoms. The summed E-state index contributed by atoms with van der Waals surface area (Å²) in [5.74, 6) is 0.198. The van der Waals surface area contributed by atoms with E-state index in [9.17, 15) is 9.18 Å². The number of ether oxygens (including phenoxy) is 2. The molecule has 0 unspecified atom stereocenters. The van der Waals surface area contributed by atoms with Crippen LogP contribution in [-0.4, -0.2) is 12.5 Å². The molecule has 3 aromatic carbocycles. The molecule has 5 heteroatoms. The molecule has 0 atom stereocenters. The number of carbonyl (C=O) groups is 1. The van der Waals surface area contributed by atoms with Crippen LogP contribution in [0.1, 0.15) is 34.0 Å². The molecule has 0 saturated carbocycles. The first-order chi connectivity index (χ1) is 14.2. The van der Waals surface area contributed by atoms with Crippen molar-refractivity contribution < 1.29 is 18.7 Å². The van der Waals surface area contributed by atoms with Gasteiger partial charge in [-0.1, -0.05) is 42.5 Å². The Balaban J connectivity index is 1.64. The van der Waals surface area contributed by atoms with Gasteiger partial charge in [0.1, 0.15) is 11.6 Å². The van der Waals surface area contributed by atoms with Crippen LogP contribution in [0.25, 0.3) is 0 Å². The van der Waals surface area contributed by atoms with Crippen molar-refractivity contribution in [1.82, 2.24) is 5.32 Å². The van der Waals surface area contributed by atoms with E-state index in [1.165, 1.54) is 12.1 Å². The SMILES string of the molecule is CCOc1ccc(C(=O)NCc2ccc(F)cc2)cc1COCc1ccccc1. The van der Waals surface area contributed by atoms with Gasteiger partial charge in [-0.15, -0.1) is 0 Å². The van der Waals surface area contributed by atoms with Gasteiger partial charge < -0.3 is 14.8 Å². The molecule has 1 N–H and O–H groups in total. The number of hydrogen-bond acceptors (Lipinski definition) is 3. The Labute approximate surface area is 170 Å². The van der Waals surface area contributed by atoms with E-state index in [2.05, 4.69) is 5.32 Å². The fraction of sp³-hybridized carbons (Fsp3) is 0.208. The second-order valence-electron chi connectivity index (χ2n) is 6.54. The second kappa shape index (κ2) is 10.4. The first-order valence-corrected chi connectivity index (χ1v) is 9.55. The molecular formula is C24H24FNO3. The highest BCUT2D eigenvalue weighted by atomic mass is 19.1. The third-order valence-corrected chi connectivity index (χ3v) is 4.36. The Hall–Kier alpha value is -3.18. The molecule has 0 aromatic heterocycles. The first kappa shape index (κ1) is 20.6. The maximum absolute atomic E-state index is 13.0. The largest absolute Gasteiger partial charge is 0.494 e. The van der Waals surface area contributed by atoms with Gasteiger partial charge in [0.25, 0.3) is 5.91 Å². The minimum absolute atomic E-state index is 0.207. The van der Waals surface area contributed by atoms with E-state index in [0.29, 0.717) is 37.7 Å². The molecule has 0 saturated heterocycles. The lowest BCUT2D eigenvalue weighted by molar-refractivity contribution is 0.0948. The molecule has 0 bridgehead atoms. The monoisotopic (exact) mass is 393 g/mol. The topological polar surface area (TPSA) is 47.6 Å². The van der Waals surface area contributed by atoms with E-state index in [-0.39, 0.29) is 11.7 Å². The molecule has 0 aliphatic rings. The maximum Gasteiger partial charge on any atom is 0.251 e. The third kappa shape index (κ3) is 6.16. The normalized spacial score (nSPS) is 10.6. The predicted octanol–water partition coefficient (Wildman–Crippen LogP) is 4.87. The summed E-state index contributed by atoms with van der Waals surface area (Å²) in [6, 6.07) is 21.3. The van der Waals surface area contributed by atoms with Gasteiger partial charge in [-0.3, -0.25) is 4.79 Å². The Kier molecular flexibility index (Phi) is 7.36. The lowest BCUT2D eigenvalue weighted by atomic mass is 10.1. The summed E-state index contributed by atoms with van der Waals surface area (Å²) in [7, 11) is 0. The first-order valence-electron chi connectivity index (χ1n) is 9.55. The minimum atomic E-state index is -0.299. The van der Waals surface area contributed by atoms with Crippen molar-refractivity contribution in [3.8, 4) is 5.75 Å². The number of hydrogen-bond donors (Lipinski definition) is 1. The van der Waals surface area contributed by atoms with Crippen molar-refractivity contribution in [1.29, 1.82) is 0 Å². The average molecular weight is 393 g/mol. The van der Waals surface area contributed by atoms with Gasteiger partial charge in [0.15, 0.2) is 0 Å². The third-order valence-electron chi connectivity index (χ3n) is 4.36. The summed E-state index contributed by atoms with van der Waals surface area (Å²) in [6.07, 6.45) is 0. The maximum atomic E-state index is 13.0. The number of rotatable bonds is 9. The predicted molar refractivity (Wildman–Crippen MR) is 110 cm³/mol. The van der Waals surface area contributed by atoms with Crippen LogP contribution in [-0.2, 0) is 24.5 Å². The van der Waals surface area contributed by atoms with Crippen LogP contribution in [0, 0.1) is 5.82 Å². The van der Waals surface area contributed by atoms with Crippen molar-refractivity contribution in [2.75, 3.05) is 6.61 Å². The van der Waals surface area contributed by atoms with Gasteiger partial charge in [0, 0.05) is 17.7 Å². The molecular weight excluding hydrogens is 369 g/mol. The van der Waals surface area contributed by atoms with Gasteiger partial charge in [0.05, 0.1) is 19.8 Å². The molecule has 29 heavy (non-hydrogen) atoms. The molecule has 0 aliphatic heterocycles. The van der Waals surface area contributed by atoms with Crippen LogP contribution in [0.4, 0.5) is 4.39 Å². The minimum Gasteiger partial charge on any atom is -0.494 e. The van der Waals surface area contributed by atoms with Crippen molar-refractivity contribution in [2.45, 2.75) is 26.7 Å². The van der Waals surface area contributed by atoms with Crippen LogP contribution < -0.4 is 10.1 Å². The summed E-state index contributed by atoms with van der Waals surface area (Å²) >= 11 is 0. The summed E-state index contributed by atoms with van der Waals surface area (Å²) in [6.45, 7) is 3.59. The van der Waals surface area contributed by atoms with Gasteiger partial charge in [0.2, 0.25) is 0 Å². The fourth-order valence-electron chi connectivity index (χ4n) is 2.87. The van der Waals surface area contributed by atoms with Gasteiger partial charge in [-0.05, 0) is 48.4 Å². The molecule has 0 heterocycles. The van der Waals surface area contributed by atoms with E-state index in [0.717, 1.165) is 16.7 Å². The average Bonchev–Trinajstić information content (AvgIpc) is 2.75. The summed E-state index contributed by atoms with van der Waals surface area (Å²) < 4.78 is 24.5. The van der Waals surface area contributed by atoms with Crippen LogP contribution >= 0.6 is 0 Å². The molecule has 4 nitrogen and oxygen atoms in total. The van der Waals surface area contributed by atoms with Gasteiger partial charge in [-0.25, -0.2) is 4.39 Å². The van der Waals surface area contributed by atoms with Crippen LogP contribution in [0.2, 0.25) is 0 Å². The smallest absolute Gasteiger partial charge is 0.251 e. The fourth-order valence-corrected chi connectivity index (χ4v) is 2.87. The lowest BCUT2D eigenvalue weighted by Crippen LogP contribution is -2.23. The Morgan fingerprint density at radius 3 is 2.41 bits per heavy atom. The molecule has 3 rings (SSSR count). The number of amides is 1. The van der Waals surface area contributed by atoms with Crippen molar-refractivity contribution in [3.05, 3.63) is 101 Å². The molecule has 3 aromatic rings. The molecule has 150 valence electrons. The molecule has 0 aliphatic carbocycles. The number of carbonyl (C=O) groups excluding carboxylic acids is 1. The van der Waals surface area contributed by atoms with Crippen molar-refractivity contribution in [2.24, 2.45) is 0 Å². The zero-order valence-corrected chi connectivity index (χ0v) is 16.4. The van der Waals surface area contributed by atoms with E-state index < -0.39 is 0 Å².